The fourth-order valence-electron chi connectivity index (χ4n) is 5.71. The van der Waals surface area contributed by atoms with Gasteiger partial charge in [0.25, 0.3) is 0 Å². The third-order valence-electron chi connectivity index (χ3n) is 7.99. The van der Waals surface area contributed by atoms with Gasteiger partial charge < -0.3 is 0 Å². The molecule has 1 aromatic rings. The van der Waals surface area contributed by atoms with Gasteiger partial charge in [0.2, 0.25) is 0 Å². The fraction of sp³-hybridized carbons (Fsp3) is 0.667. The third kappa shape index (κ3) is 7.40. The van der Waals surface area contributed by atoms with Crippen molar-refractivity contribution in [3.63, 3.8) is 0 Å². The molecule has 0 aliphatic heterocycles. The van der Waals surface area contributed by atoms with Crippen LogP contribution >= 0.6 is 0 Å². The highest BCUT2D eigenvalue weighted by molar-refractivity contribution is 5.49. The summed E-state index contributed by atoms with van der Waals surface area (Å²) in [7, 11) is 0. The minimum Gasteiger partial charge on any atom is -0.242 e. The Labute approximate surface area is 199 Å². The summed E-state index contributed by atoms with van der Waals surface area (Å²) in [6, 6.07) is 5.29. The molecule has 2 aliphatic rings. The molecule has 3 heteroatoms. The Morgan fingerprint density at radius 2 is 1.36 bits per heavy atom. The molecule has 0 amide bonds. The molecule has 2 atom stereocenters. The minimum atomic E-state index is -1.10. The van der Waals surface area contributed by atoms with Gasteiger partial charge in [-0.2, -0.15) is 0 Å². The molecule has 3 rings (SSSR count). The number of allylic oxidation sites excluding steroid dienone is 1. The van der Waals surface area contributed by atoms with E-state index in [9.17, 15) is 13.2 Å². The second-order valence-electron chi connectivity index (χ2n) is 10.2. The van der Waals surface area contributed by atoms with Crippen LogP contribution in [0.15, 0.2) is 30.6 Å². The first-order chi connectivity index (χ1) is 16.0. The fourth-order valence-corrected chi connectivity index (χ4v) is 5.71. The van der Waals surface area contributed by atoms with Crippen molar-refractivity contribution in [2.75, 3.05) is 0 Å². The summed E-state index contributed by atoms with van der Waals surface area (Å²) in [5.41, 5.74) is 1.68. The van der Waals surface area contributed by atoms with Crippen molar-refractivity contribution in [1.82, 2.24) is 0 Å². The molecule has 2 fully saturated rings. The Balaban J connectivity index is 1.53. The molecule has 2 unspecified atom stereocenters. The summed E-state index contributed by atoms with van der Waals surface area (Å²) >= 11 is 0. The van der Waals surface area contributed by atoms with Crippen LogP contribution in [-0.2, 0) is 0 Å². The van der Waals surface area contributed by atoms with E-state index in [1.807, 2.05) is 13.8 Å². The lowest BCUT2D eigenvalue weighted by Gasteiger charge is -2.30. The predicted molar refractivity (Wildman–Crippen MR) is 132 cm³/mol. The largest absolute Gasteiger partial charge is 0.242 e. The highest BCUT2D eigenvalue weighted by Crippen LogP contribution is 2.37. The van der Waals surface area contributed by atoms with Gasteiger partial charge in [0.15, 0.2) is 0 Å². The van der Waals surface area contributed by atoms with Crippen molar-refractivity contribution in [3.05, 3.63) is 47.3 Å². The lowest BCUT2D eigenvalue weighted by molar-refractivity contribution is 0.242. The smallest absolute Gasteiger partial charge is 0.126 e. The van der Waals surface area contributed by atoms with Crippen molar-refractivity contribution in [2.24, 2.45) is 23.7 Å². The molecular formula is C30H41F3. The molecule has 0 nitrogen and oxygen atoms in total. The number of hydrogen-bond donors (Lipinski definition) is 0. The van der Waals surface area contributed by atoms with E-state index in [0.29, 0.717) is 47.7 Å². The highest BCUT2D eigenvalue weighted by atomic mass is 19.1. The van der Waals surface area contributed by atoms with Crippen LogP contribution in [0, 0.1) is 35.5 Å². The van der Waals surface area contributed by atoms with Crippen LogP contribution in [0.3, 0.4) is 0 Å². The summed E-state index contributed by atoms with van der Waals surface area (Å²) in [6.07, 6.45) is 12.9. The van der Waals surface area contributed by atoms with Gasteiger partial charge in [-0.25, -0.2) is 13.2 Å². The molecule has 33 heavy (non-hydrogen) atoms. The molecule has 0 bridgehead atoms. The van der Waals surface area contributed by atoms with Gasteiger partial charge in [0, 0.05) is 22.6 Å². The lowest BCUT2D eigenvalue weighted by Crippen LogP contribution is -2.17. The standard InChI is InChI=1S/C30H41F3/c1-3-29(32)27-6-5-7-28(30(33)4-2)26(27)19-18-24-12-10-22(11-13-24)8-9-23-14-16-25(17-15-23)20-21-31/h5-7,20-25,29-30H,3-4,8-17H2,1-2H3/b21-20+/t22?,23-,24?,25-,29?,30?. The van der Waals surface area contributed by atoms with Gasteiger partial charge in [-0.05, 0) is 82.0 Å². The van der Waals surface area contributed by atoms with E-state index in [1.165, 1.54) is 38.5 Å². The van der Waals surface area contributed by atoms with E-state index in [4.69, 9.17) is 0 Å². The van der Waals surface area contributed by atoms with Crippen molar-refractivity contribution in [2.45, 2.75) is 103 Å². The second-order valence-corrected chi connectivity index (χ2v) is 10.2. The molecular weight excluding hydrogens is 417 g/mol. The van der Waals surface area contributed by atoms with E-state index in [1.54, 1.807) is 24.3 Å². The Bertz CT molecular complexity index is 773. The summed E-state index contributed by atoms with van der Waals surface area (Å²) in [5.74, 6) is 8.99. The van der Waals surface area contributed by atoms with E-state index in [2.05, 4.69) is 11.8 Å². The molecule has 2 saturated carbocycles. The van der Waals surface area contributed by atoms with Crippen LogP contribution in [0.25, 0.3) is 0 Å². The van der Waals surface area contributed by atoms with Crippen molar-refractivity contribution in [1.29, 1.82) is 0 Å². The van der Waals surface area contributed by atoms with Crippen LogP contribution in [0.4, 0.5) is 13.2 Å². The quantitative estimate of drug-likeness (QED) is 0.340. The lowest BCUT2D eigenvalue weighted by atomic mass is 9.75. The number of hydrogen-bond acceptors (Lipinski definition) is 0. The maximum absolute atomic E-state index is 14.6. The van der Waals surface area contributed by atoms with Crippen LogP contribution in [0.1, 0.15) is 120 Å². The van der Waals surface area contributed by atoms with Crippen molar-refractivity contribution >= 4 is 0 Å². The van der Waals surface area contributed by atoms with Gasteiger partial charge in [-0.1, -0.05) is 62.8 Å². The van der Waals surface area contributed by atoms with Crippen molar-refractivity contribution < 1.29 is 13.2 Å². The Hall–Kier alpha value is -1.69. The van der Waals surface area contributed by atoms with Gasteiger partial charge in [-0.3, -0.25) is 0 Å². The topological polar surface area (TPSA) is 0 Å². The zero-order valence-electron chi connectivity index (χ0n) is 20.5. The number of benzene rings is 1. The average molecular weight is 459 g/mol. The van der Waals surface area contributed by atoms with E-state index >= 15 is 0 Å². The highest BCUT2D eigenvalue weighted by Gasteiger charge is 2.24. The summed E-state index contributed by atoms with van der Waals surface area (Å²) in [5, 5.41) is 0. The first-order valence-corrected chi connectivity index (χ1v) is 13.2. The molecule has 0 radical (unpaired) electrons. The zero-order valence-corrected chi connectivity index (χ0v) is 20.5. The normalized spacial score (nSPS) is 27.7. The van der Waals surface area contributed by atoms with Crippen LogP contribution in [0.2, 0.25) is 0 Å². The van der Waals surface area contributed by atoms with E-state index in [0.717, 1.165) is 37.5 Å². The molecule has 0 heterocycles. The molecule has 0 aromatic heterocycles. The number of halogens is 3. The summed E-state index contributed by atoms with van der Waals surface area (Å²) in [6.45, 7) is 3.63. The minimum absolute atomic E-state index is 0.324. The van der Waals surface area contributed by atoms with Crippen LogP contribution in [-0.4, -0.2) is 0 Å². The Kier molecular flexibility index (Phi) is 10.4. The molecule has 0 N–H and O–H groups in total. The first-order valence-electron chi connectivity index (χ1n) is 13.2. The monoisotopic (exact) mass is 458 g/mol. The first kappa shape index (κ1) is 25.9. The molecule has 1 aromatic carbocycles. The van der Waals surface area contributed by atoms with Crippen LogP contribution in [0.5, 0.6) is 0 Å². The predicted octanol–water partition coefficient (Wildman–Crippen LogP) is 9.76. The number of rotatable bonds is 8. The van der Waals surface area contributed by atoms with Gasteiger partial charge in [0.05, 0.1) is 6.33 Å². The molecule has 182 valence electrons. The Morgan fingerprint density at radius 1 is 0.848 bits per heavy atom. The van der Waals surface area contributed by atoms with Gasteiger partial charge >= 0.3 is 0 Å². The maximum atomic E-state index is 14.6. The molecule has 0 saturated heterocycles. The Morgan fingerprint density at radius 3 is 1.85 bits per heavy atom. The number of alkyl halides is 2. The van der Waals surface area contributed by atoms with Gasteiger partial charge in [-0.15, -0.1) is 0 Å². The second kappa shape index (κ2) is 13.3. The summed E-state index contributed by atoms with van der Waals surface area (Å²) < 4.78 is 41.5. The van der Waals surface area contributed by atoms with E-state index in [-0.39, 0.29) is 0 Å². The van der Waals surface area contributed by atoms with Gasteiger partial charge in [0.1, 0.15) is 12.3 Å². The van der Waals surface area contributed by atoms with E-state index < -0.39 is 12.3 Å². The summed E-state index contributed by atoms with van der Waals surface area (Å²) in [4.78, 5) is 0. The molecule has 0 spiro atoms. The zero-order chi connectivity index (χ0) is 23.6. The third-order valence-corrected chi connectivity index (χ3v) is 7.99. The van der Waals surface area contributed by atoms with Crippen LogP contribution < -0.4 is 0 Å². The average Bonchev–Trinajstić information content (AvgIpc) is 2.86. The SMILES string of the molecule is CCC(F)c1cccc(C(F)CC)c1C#CC1CCC(CC[C@H]2CC[C@H](/C=C/F)CC2)CC1. The van der Waals surface area contributed by atoms with Crippen molar-refractivity contribution in [3.8, 4) is 11.8 Å². The molecule has 2 aliphatic carbocycles. The maximum Gasteiger partial charge on any atom is 0.126 e.